The average molecular weight is 390 g/mol. The number of carbonyl (C=O) groups is 1. The Morgan fingerprint density at radius 1 is 1.22 bits per heavy atom. The van der Waals surface area contributed by atoms with Gasteiger partial charge in [0.15, 0.2) is 0 Å². The standard InChI is InChI=1S/C15H14F4N4O4/c1-7(22-12(14(18)19)6-11(21-22)13(16)17)15(24)20-8-3-9(23(25)26)5-10(4-8)27-2/h3-7,13-14H,1-2H3,(H,20,24). The number of nitro benzene ring substituents is 1. The Morgan fingerprint density at radius 3 is 2.41 bits per heavy atom. The van der Waals surface area contributed by atoms with E-state index in [1.165, 1.54) is 20.1 Å². The molecule has 27 heavy (non-hydrogen) atoms. The van der Waals surface area contributed by atoms with E-state index in [-0.39, 0.29) is 17.1 Å². The molecule has 146 valence electrons. The van der Waals surface area contributed by atoms with Gasteiger partial charge in [-0.2, -0.15) is 5.10 Å². The summed E-state index contributed by atoms with van der Waals surface area (Å²) >= 11 is 0. The number of halogens is 4. The van der Waals surface area contributed by atoms with E-state index in [1.54, 1.807) is 0 Å². The van der Waals surface area contributed by atoms with Crippen molar-refractivity contribution in [3.63, 3.8) is 0 Å². The highest BCUT2D eigenvalue weighted by atomic mass is 19.3. The number of nitrogens with zero attached hydrogens (tertiary/aromatic N) is 3. The molecule has 0 aliphatic heterocycles. The number of anilines is 1. The molecule has 0 saturated carbocycles. The van der Waals surface area contributed by atoms with E-state index < -0.39 is 41.1 Å². The fraction of sp³-hybridized carbons (Fsp3) is 0.333. The summed E-state index contributed by atoms with van der Waals surface area (Å²) in [5.41, 5.74) is -2.13. The van der Waals surface area contributed by atoms with Crippen molar-refractivity contribution in [3.05, 3.63) is 45.8 Å². The third kappa shape index (κ3) is 4.51. The number of non-ortho nitro benzene ring substituents is 1. The third-order valence-electron chi connectivity index (χ3n) is 3.58. The summed E-state index contributed by atoms with van der Waals surface area (Å²) in [5.74, 6) is -0.803. The molecule has 0 saturated heterocycles. The van der Waals surface area contributed by atoms with Crippen LogP contribution in [0.5, 0.6) is 5.75 Å². The minimum atomic E-state index is -3.13. The summed E-state index contributed by atoms with van der Waals surface area (Å²) in [6.07, 6.45) is -6.21. The monoisotopic (exact) mass is 390 g/mol. The van der Waals surface area contributed by atoms with E-state index in [0.717, 1.165) is 12.1 Å². The van der Waals surface area contributed by atoms with Crippen molar-refractivity contribution in [1.82, 2.24) is 9.78 Å². The molecule has 2 rings (SSSR count). The number of benzene rings is 1. The number of alkyl halides is 4. The average Bonchev–Trinajstić information content (AvgIpc) is 3.06. The summed E-state index contributed by atoms with van der Waals surface area (Å²) in [5, 5.41) is 16.6. The molecule has 1 heterocycles. The summed E-state index contributed by atoms with van der Waals surface area (Å²) in [6.45, 7) is 1.18. The van der Waals surface area contributed by atoms with Gasteiger partial charge in [0, 0.05) is 12.1 Å². The summed E-state index contributed by atoms with van der Waals surface area (Å²) in [6, 6.07) is 2.58. The SMILES string of the molecule is COc1cc(NC(=O)C(C)n2nc(C(F)F)cc2C(F)F)cc([N+](=O)[O-])c1. The maximum absolute atomic E-state index is 13.1. The van der Waals surface area contributed by atoms with Crippen molar-refractivity contribution >= 4 is 17.3 Å². The smallest absolute Gasteiger partial charge is 0.282 e. The zero-order chi connectivity index (χ0) is 20.3. The number of methoxy groups -OCH3 is 1. The van der Waals surface area contributed by atoms with Crippen LogP contribution in [0.4, 0.5) is 28.9 Å². The number of hydrogen-bond acceptors (Lipinski definition) is 5. The number of amides is 1. The van der Waals surface area contributed by atoms with Gasteiger partial charge in [0.05, 0.1) is 23.8 Å². The molecule has 1 unspecified atom stereocenters. The van der Waals surface area contributed by atoms with Crippen molar-refractivity contribution in [2.75, 3.05) is 12.4 Å². The Balaban J connectivity index is 2.31. The first-order valence-electron chi connectivity index (χ1n) is 7.44. The van der Waals surface area contributed by atoms with Gasteiger partial charge in [0.1, 0.15) is 23.2 Å². The molecule has 0 aliphatic carbocycles. The van der Waals surface area contributed by atoms with E-state index in [1.807, 2.05) is 0 Å². The third-order valence-corrected chi connectivity index (χ3v) is 3.58. The molecule has 0 fully saturated rings. The molecule has 1 aromatic heterocycles. The number of hydrogen-bond donors (Lipinski definition) is 1. The van der Waals surface area contributed by atoms with Gasteiger partial charge in [-0.1, -0.05) is 0 Å². The first-order valence-corrected chi connectivity index (χ1v) is 7.44. The van der Waals surface area contributed by atoms with E-state index in [2.05, 4.69) is 10.4 Å². The quantitative estimate of drug-likeness (QED) is 0.439. The minimum Gasteiger partial charge on any atom is -0.496 e. The summed E-state index contributed by atoms with van der Waals surface area (Å²) in [7, 11) is 1.26. The van der Waals surface area contributed by atoms with Crippen LogP contribution in [0.1, 0.15) is 37.2 Å². The number of rotatable bonds is 7. The first-order chi connectivity index (χ1) is 12.6. The molecule has 1 aromatic carbocycles. The largest absolute Gasteiger partial charge is 0.496 e. The second-order valence-electron chi connectivity index (χ2n) is 5.38. The fourth-order valence-corrected chi connectivity index (χ4v) is 2.25. The van der Waals surface area contributed by atoms with Crippen molar-refractivity contribution < 1.29 is 32.0 Å². The number of nitrogens with one attached hydrogen (secondary N) is 1. The molecule has 0 spiro atoms. The summed E-state index contributed by atoms with van der Waals surface area (Å²) < 4.78 is 57.0. The van der Waals surface area contributed by atoms with Gasteiger partial charge < -0.3 is 10.1 Å². The van der Waals surface area contributed by atoms with Crippen molar-refractivity contribution in [2.45, 2.75) is 25.8 Å². The van der Waals surface area contributed by atoms with Crippen LogP contribution in [0, 0.1) is 10.1 Å². The lowest BCUT2D eigenvalue weighted by Gasteiger charge is -2.16. The molecule has 2 aromatic rings. The van der Waals surface area contributed by atoms with Crippen LogP contribution in [0.3, 0.4) is 0 Å². The van der Waals surface area contributed by atoms with Gasteiger partial charge in [-0.15, -0.1) is 0 Å². The van der Waals surface area contributed by atoms with Crippen LogP contribution in [0.15, 0.2) is 24.3 Å². The zero-order valence-corrected chi connectivity index (χ0v) is 14.0. The second-order valence-corrected chi connectivity index (χ2v) is 5.38. The number of ether oxygens (including phenoxy) is 1. The van der Waals surface area contributed by atoms with Crippen LogP contribution < -0.4 is 10.1 Å². The Kier molecular flexibility index (Phi) is 5.98. The zero-order valence-electron chi connectivity index (χ0n) is 14.0. The number of aromatic nitrogens is 2. The molecule has 1 atom stereocenters. The lowest BCUT2D eigenvalue weighted by Crippen LogP contribution is -2.26. The second kappa shape index (κ2) is 8.01. The molecular formula is C15H14F4N4O4. The van der Waals surface area contributed by atoms with Crippen molar-refractivity contribution in [3.8, 4) is 5.75 Å². The van der Waals surface area contributed by atoms with Crippen LogP contribution >= 0.6 is 0 Å². The first kappa shape index (κ1) is 20.1. The predicted molar refractivity (Wildman–Crippen MR) is 85.1 cm³/mol. The normalized spacial score (nSPS) is 12.3. The topological polar surface area (TPSA) is 99.3 Å². The Bertz CT molecular complexity index is 856. The molecule has 0 bridgehead atoms. The highest BCUT2D eigenvalue weighted by Gasteiger charge is 2.27. The maximum atomic E-state index is 13.1. The Labute approximate surface area is 149 Å². The van der Waals surface area contributed by atoms with Crippen molar-refractivity contribution in [1.29, 1.82) is 0 Å². The predicted octanol–water partition coefficient (Wildman–Crippen LogP) is 3.87. The van der Waals surface area contributed by atoms with E-state index in [9.17, 15) is 32.5 Å². The molecular weight excluding hydrogens is 376 g/mol. The molecule has 0 radical (unpaired) electrons. The molecule has 1 amide bonds. The van der Waals surface area contributed by atoms with Gasteiger partial charge >= 0.3 is 0 Å². The van der Waals surface area contributed by atoms with Gasteiger partial charge in [0.2, 0.25) is 5.91 Å². The van der Waals surface area contributed by atoms with Crippen LogP contribution in [-0.2, 0) is 4.79 Å². The van der Waals surface area contributed by atoms with Gasteiger partial charge in [-0.25, -0.2) is 17.6 Å². The van der Waals surface area contributed by atoms with Crippen LogP contribution in [0.25, 0.3) is 0 Å². The van der Waals surface area contributed by atoms with E-state index >= 15 is 0 Å². The highest BCUT2D eigenvalue weighted by Crippen LogP contribution is 2.29. The van der Waals surface area contributed by atoms with Gasteiger partial charge in [0.25, 0.3) is 18.5 Å². The highest BCUT2D eigenvalue weighted by molar-refractivity contribution is 5.94. The van der Waals surface area contributed by atoms with Crippen molar-refractivity contribution in [2.24, 2.45) is 0 Å². The van der Waals surface area contributed by atoms with Gasteiger partial charge in [-0.05, 0) is 13.0 Å². The summed E-state index contributed by atoms with van der Waals surface area (Å²) in [4.78, 5) is 22.5. The molecule has 12 heteroatoms. The Hall–Kier alpha value is -3.18. The molecule has 8 nitrogen and oxygen atoms in total. The van der Waals surface area contributed by atoms with E-state index in [0.29, 0.717) is 10.7 Å². The maximum Gasteiger partial charge on any atom is 0.282 e. The molecule has 0 aliphatic rings. The molecule has 1 N–H and O–H groups in total. The number of carbonyl (C=O) groups excluding carboxylic acids is 1. The lowest BCUT2D eigenvalue weighted by atomic mass is 10.2. The number of nitro groups is 1. The van der Waals surface area contributed by atoms with Crippen LogP contribution in [-0.4, -0.2) is 27.7 Å². The lowest BCUT2D eigenvalue weighted by molar-refractivity contribution is -0.384. The van der Waals surface area contributed by atoms with E-state index in [4.69, 9.17) is 4.74 Å². The van der Waals surface area contributed by atoms with Crippen LogP contribution in [0.2, 0.25) is 0 Å². The van der Waals surface area contributed by atoms with Gasteiger partial charge in [-0.3, -0.25) is 19.6 Å². The Morgan fingerprint density at radius 2 is 1.89 bits per heavy atom. The fourth-order valence-electron chi connectivity index (χ4n) is 2.25. The minimum absolute atomic E-state index is 0.0299.